The molecule has 0 radical (unpaired) electrons. The number of benzene rings is 1. The summed E-state index contributed by atoms with van der Waals surface area (Å²) in [5, 5.41) is 18.0. The average Bonchev–Trinajstić information content (AvgIpc) is 2.34. The van der Waals surface area contributed by atoms with Crippen LogP contribution >= 0.6 is 15.9 Å². The Labute approximate surface area is 108 Å². The quantitative estimate of drug-likeness (QED) is 0.802. The Morgan fingerprint density at radius 1 is 1.41 bits per heavy atom. The van der Waals surface area contributed by atoms with Crippen molar-refractivity contribution in [2.45, 2.75) is 5.92 Å². The van der Waals surface area contributed by atoms with Crippen molar-refractivity contribution >= 4 is 21.9 Å². The number of esters is 1. The van der Waals surface area contributed by atoms with Crippen LogP contribution in [0.1, 0.15) is 11.5 Å². The molecule has 0 saturated heterocycles. The fourth-order valence-corrected chi connectivity index (χ4v) is 1.85. The lowest BCUT2D eigenvalue weighted by molar-refractivity contribution is -0.143. The van der Waals surface area contributed by atoms with E-state index in [-0.39, 0.29) is 0 Å². The standard InChI is InChI=1S/C12H9BrN2O2/c1-17-12(16)11(7-15)10(6-14)8-3-2-4-9(13)5-8/h2-5,10-11H,1H3. The highest BCUT2D eigenvalue weighted by Gasteiger charge is 2.30. The third-order valence-electron chi connectivity index (χ3n) is 2.27. The molecule has 1 aromatic rings. The van der Waals surface area contributed by atoms with Crippen molar-refractivity contribution in [1.29, 1.82) is 10.5 Å². The van der Waals surface area contributed by atoms with E-state index in [1.165, 1.54) is 7.11 Å². The van der Waals surface area contributed by atoms with E-state index in [4.69, 9.17) is 10.5 Å². The minimum Gasteiger partial charge on any atom is -0.468 e. The zero-order chi connectivity index (χ0) is 12.8. The lowest BCUT2D eigenvalue weighted by Crippen LogP contribution is -2.21. The summed E-state index contributed by atoms with van der Waals surface area (Å²) in [5.41, 5.74) is 0.610. The van der Waals surface area contributed by atoms with Crippen LogP contribution in [0.15, 0.2) is 28.7 Å². The van der Waals surface area contributed by atoms with Crippen LogP contribution in [-0.4, -0.2) is 13.1 Å². The summed E-state index contributed by atoms with van der Waals surface area (Å²) in [6, 6.07) is 10.7. The summed E-state index contributed by atoms with van der Waals surface area (Å²) < 4.78 is 5.30. The topological polar surface area (TPSA) is 73.9 Å². The second-order valence-electron chi connectivity index (χ2n) is 3.29. The van der Waals surface area contributed by atoms with Crippen molar-refractivity contribution in [1.82, 2.24) is 0 Å². The number of methoxy groups -OCH3 is 1. The fraction of sp³-hybridized carbons (Fsp3) is 0.250. The maximum absolute atomic E-state index is 11.4. The van der Waals surface area contributed by atoms with E-state index in [9.17, 15) is 4.79 Å². The summed E-state index contributed by atoms with van der Waals surface area (Å²) in [6.07, 6.45) is 0. The zero-order valence-corrected chi connectivity index (χ0v) is 10.6. The molecule has 1 aromatic carbocycles. The van der Waals surface area contributed by atoms with Crippen LogP contribution in [0.5, 0.6) is 0 Å². The Kier molecular flexibility index (Phi) is 4.68. The number of carbonyl (C=O) groups is 1. The molecule has 0 heterocycles. The van der Waals surface area contributed by atoms with Gasteiger partial charge < -0.3 is 4.74 Å². The largest absolute Gasteiger partial charge is 0.468 e. The molecule has 2 unspecified atom stereocenters. The molecule has 2 atom stereocenters. The molecule has 1 rings (SSSR count). The maximum Gasteiger partial charge on any atom is 0.324 e. The number of rotatable bonds is 3. The van der Waals surface area contributed by atoms with Gasteiger partial charge in [-0.15, -0.1) is 0 Å². The zero-order valence-electron chi connectivity index (χ0n) is 9.05. The van der Waals surface area contributed by atoms with Crippen molar-refractivity contribution in [3.8, 4) is 12.1 Å². The number of nitriles is 2. The monoisotopic (exact) mass is 292 g/mol. The van der Waals surface area contributed by atoms with Crippen LogP contribution in [0, 0.1) is 28.6 Å². The Morgan fingerprint density at radius 2 is 2.12 bits per heavy atom. The first kappa shape index (κ1) is 13.2. The molecule has 17 heavy (non-hydrogen) atoms. The van der Waals surface area contributed by atoms with E-state index < -0.39 is 17.8 Å². The van der Waals surface area contributed by atoms with Crippen molar-refractivity contribution in [2.24, 2.45) is 5.92 Å². The van der Waals surface area contributed by atoms with E-state index in [1.807, 2.05) is 12.1 Å². The highest BCUT2D eigenvalue weighted by atomic mass is 79.9. The number of nitrogens with zero attached hydrogens (tertiary/aromatic N) is 2. The average molecular weight is 293 g/mol. The number of carbonyl (C=O) groups excluding carboxylic acids is 1. The van der Waals surface area contributed by atoms with Crippen LogP contribution in [0.3, 0.4) is 0 Å². The molecule has 0 aromatic heterocycles. The lowest BCUT2D eigenvalue weighted by atomic mass is 9.88. The van der Waals surface area contributed by atoms with Gasteiger partial charge in [-0.2, -0.15) is 10.5 Å². The van der Waals surface area contributed by atoms with E-state index in [2.05, 4.69) is 20.7 Å². The van der Waals surface area contributed by atoms with Gasteiger partial charge in [0.2, 0.25) is 0 Å². The van der Waals surface area contributed by atoms with Crippen molar-refractivity contribution in [3.05, 3.63) is 34.3 Å². The predicted octanol–water partition coefficient (Wildman–Crippen LogP) is 2.37. The third-order valence-corrected chi connectivity index (χ3v) is 2.77. The minimum atomic E-state index is -1.11. The Hall–Kier alpha value is -1.85. The molecule has 0 fully saturated rings. The first-order chi connectivity index (χ1) is 8.13. The van der Waals surface area contributed by atoms with Gasteiger partial charge in [0.15, 0.2) is 5.92 Å². The lowest BCUT2D eigenvalue weighted by Gasteiger charge is -2.13. The first-order valence-corrected chi connectivity index (χ1v) is 5.56. The molecule has 0 spiro atoms. The van der Waals surface area contributed by atoms with Gasteiger partial charge in [-0.1, -0.05) is 28.1 Å². The smallest absolute Gasteiger partial charge is 0.324 e. The molecular formula is C12H9BrN2O2. The van der Waals surface area contributed by atoms with Gasteiger partial charge in [-0.25, -0.2) is 0 Å². The molecule has 86 valence electrons. The molecule has 0 N–H and O–H groups in total. The molecule has 5 heteroatoms. The number of ether oxygens (including phenoxy) is 1. The number of hydrogen-bond donors (Lipinski definition) is 0. The molecule has 4 nitrogen and oxygen atoms in total. The van der Waals surface area contributed by atoms with Crippen molar-refractivity contribution < 1.29 is 9.53 Å². The normalized spacial score (nSPS) is 12.9. The molecule has 0 aliphatic heterocycles. The maximum atomic E-state index is 11.4. The number of halogens is 1. The van der Waals surface area contributed by atoms with Crippen LogP contribution in [-0.2, 0) is 9.53 Å². The summed E-state index contributed by atoms with van der Waals surface area (Å²) in [5.74, 6) is -2.64. The van der Waals surface area contributed by atoms with Crippen LogP contribution in [0.2, 0.25) is 0 Å². The van der Waals surface area contributed by atoms with Crippen molar-refractivity contribution in [3.63, 3.8) is 0 Å². The van der Waals surface area contributed by atoms with Crippen LogP contribution < -0.4 is 0 Å². The summed E-state index contributed by atoms with van der Waals surface area (Å²) in [4.78, 5) is 11.4. The van der Waals surface area contributed by atoms with E-state index >= 15 is 0 Å². The Balaban J connectivity index is 3.12. The van der Waals surface area contributed by atoms with Gasteiger partial charge in [-0.3, -0.25) is 4.79 Å². The summed E-state index contributed by atoms with van der Waals surface area (Å²) in [7, 11) is 1.20. The van der Waals surface area contributed by atoms with Crippen LogP contribution in [0.4, 0.5) is 0 Å². The van der Waals surface area contributed by atoms with Gasteiger partial charge in [0.1, 0.15) is 0 Å². The van der Waals surface area contributed by atoms with Crippen molar-refractivity contribution in [2.75, 3.05) is 7.11 Å². The SMILES string of the molecule is COC(=O)C(C#N)C(C#N)c1cccc(Br)c1. The van der Waals surface area contributed by atoms with E-state index in [1.54, 1.807) is 24.3 Å². The molecule has 0 bridgehead atoms. The Bertz CT molecular complexity index is 502. The van der Waals surface area contributed by atoms with Crippen LogP contribution in [0.25, 0.3) is 0 Å². The molecule has 0 saturated carbocycles. The molecule has 0 amide bonds. The summed E-state index contributed by atoms with van der Waals surface area (Å²) >= 11 is 3.28. The van der Waals surface area contributed by atoms with Gasteiger partial charge in [0.05, 0.1) is 25.2 Å². The van der Waals surface area contributed by atoms with Gasteiger partial charge in [-0.05, 0) is 17.7 Å². The fourth-order valence-electron chi connectivity index (χ4n) is 1.43. The van der Waals surface area contributed by atoms with Gasteiger partial charge >= 0.3 is 5.97 Å². The van der Waals surface area contributed by atoms with Gasteiger partial charge in [0.25, 0.3) is 0 Å². The second kappa shape index (κ2) is 6.03. The first-order valence-electron chi connectivity index (χ1n) is 4.76. The second-order valence-corrected chi connectivity index (χ2v) is 4.21. The third kappa shape index (κ3) is 3.05. The van der Waals surface area contributed by atoms with E-state index in [0.717, 1.165) is 4.47 Å². The predicted molar refractivity (Wildman–Crippen MR) is 63.6 cm³/mol. The molecule has 0 aliphatic rings. The summed E-state index contributed by atoms with van der Waals surface area (Å²) in [6.45, 7) is 0. The molecular weight excluding hydrogens is 284 g/mol. The Morgan fingerprint density at radius 3 is 2.59 bits per heavy atom. The minimum absolute atomic E-state index is 0.610. The van der Waals surface area contributed by atoms with Gasteiger partial charge in [0, 0.05) is 4.47 Å². The number of hydrogen-bond acceptors (Lipinski definition) is 4. The highest BCUT2D eigenvalue weighted by molar-refractivity contribution is 9.10. The van der Waals surface area contributed by atoms with E-state index in [0.29, 0.717) is 5.56 Å². The highest BCUT2D eigenvalue weighted by Crippen LogP contribution is 2.26. The molecule has 0 aliphatic carbocycles.